The van der Waals surface area contributed by atoms with E-state index in [1.54, 1.807) is 0 Å². The molecule has 1 heterocycles. The lowest BCUT2D eigenvalue weighted by Gasteiger charge is -2.10. The van der Waals surface area contributed by atoms with Gasteiger partial charge in [-0.1, -0.05) is 75.2 Å². The van der Waals surface area contributed by atoms with E-state index in [0.29, 0.717) is 16.7 Å². The minimum atomic E-state index is -0.289. The van der Waals surface area contributed by atoms with E-state index in [-0.39, 0.29) is 11.4 Å². The summed E-state index contributed by atoms with van der Waals surface area (Å²) in [5.41, 5.74) is 4.51. The van der Waals surface area contributed by atoms with Crippen molar-refractivity contribution in [2.45, 2.75) is 39.5 Å². The van der Waals surface area contributed by atoms with E-state index in [0.717, 1.165) is 46.5 Å². The van der Waals surface area contributed by atoms with Gasteiger partial charge in [-0.05, 0) is 58.8 Å². The van der Waals surface area contributed by atoms with Crippen molar-refractivity contribution >= 4 is 34.0 Å². The fourth-order valence-corrected chi connectivity index (χ4v) is 4.05. The van der Waals surface area contributed by atoms with E-state index >= 15 is 0 Å². The van der Waals surface area contributed by atoms with Crippen LogP contribution in [0.2, 0.25) is 0 Å². The van der Waals surface area contributed by atoms with Crippen molar-refractivity contribution in [3.8, 4) is 11.1 Å². The molecule has 0 fully saturated rings. The Morgan fingerprint density at radius 3 is 2.18 bits per heavy atom. The molecule has 3 aromatic carbocycles. The molecule has 1 nitrogen and oxygen atoms in total. The highest BCUT2D eigenvalue weighted by atomic mass is 32.1. The van der Waals surface area contributed by atoms with Crippen LogP contribution in [0, 0.1) is 10.5 Å². The van der Waals surface area contributed by atoms with Gasteiger partial charge in [0, 0.05) is 10.8 Å². The fraction of sp³-hybridized carbons (Fsp3) is 0.240. The number of fused-ring (bicyclic) bond motifs is 3. The smallest absolute Gasteiger partial charge is 0.198 e. The Hall–Kier alpha value is -2.52. The van der Waals surface area contributed by atoms with Crippen molar-refractivity contribution < 1.29 is 8.81 Å². The lowest BCUT2D eigenvalue weighted by atomic mass is 9.98. The number of hydrogen-bond donors (Lipinski definition) is 0. The van der Waals surface area contributed by atoms with Crippen LogP contribution < -0.4 is 0 Å². The van der Waals surface area contributed by atoms with Crippen LogP contribution in [0.5, 0.6) is 0 Å². The maximum atomic E-state index is 14.9. The fourth-order valence-electron chi connectivity index (χ4n) is 3.80. The van der Waals surface area contributed by atoms with Crippen molar-refractivity contribution in [1.82, 2.24) is 0 Å². The summed E-state index contributed by atoms with van der Waals surface area (Å²) in [6, 6.07) is 18.6. The first-order chi connectivity index (χ1) is 13.6. The Morgan fingerprint density at radius 2 is 1.46 bits per heavy atom. The zero-order valence-corrected chi connectivity index (χ0v) is 17.0. The van der Waals surface area contributed by atoms with Crippen molar-refractivity contribution in [3.63, 3.8) is 0 Å². The molecule has 0 N–H and O–H groups in total. The molecule has 28 heavy (non-hydrogen) atoms. The number of aryl methyl sites for hydroxylation is 2. The molecule has 142 valence electrons. The Labute approximate surface area is 169 Å². The Balaban J connectivity index is 1.86. The van der Waals surface area contributed by atoms with Gasteiger partial charge in [0.2, 0.25) is 0 Å². The first-order valence-corrected chi connectivity index (χ1v) is 10.3. The zero-order valence-electron chi connectivity index (χ0n) is 16.2. The van der Waals surface area contributed by atoms with Gasteiger partial charge in [0.25, 0.3) is 0 Å². The maximum Gasteiger partial charge on any atom is 0.198 e. The molecule has 0 radical (unpaired) electrons. The van der Waals surface area contributed by atoms with E-state index in [4.69, 9.17) is 16.6 Å². The molecule has 0 unspecified atom stereocenters. The van der Waals surface area contributed by atoms with Crippen LogP contribution in [0.25, 0.3) is 32.9 Å². The monoisotopic (exact) mass is 390 g/mol. The normalized spacial score (nSPS) is 11.4. The van der Waals surface area contributed by atoms with E-state index in [1.165, 1.54) is 5.56 Å². The number of halogens is 1. The molecule has 4 rings (SSSR count). The van der Waals surface area contributed by atoms with Crippen molar-refractivity contribution in [3.05, 3.63) is 76.2 Å². The average molecular weight is 391 g/mol. The third kappa shape index (κ3) is 3.35. The van der Waals surface area contributed by atoms with Crippen LogP contribution in [0.1, 0.15) is 37.8 Å². The lowest BCUT2D eigenvalue weighted by molar-refractivity contribution is 0.538. The zero-order chi connectivity index (χ0) is 19.7. The Kier molecular flexibility index (Phi) is 5.27. The Bertz CT molecular complexity index is 1210. The topological polar surface area (TPSA) is 13.1 Å². The number of hydrogen-bond acceptors (Lipinski definition) is 2. The van der Waals surface area contributed by atoms with Crippen LogP contribution in [-0.2, 0) is 12.8 Å². The maximum absolute atomic E-state index is 14.9. The van der Waals surface area contributed by atoms with Crippen molar-refractivity contribution in [2.75, 3.05) is 0 Å². The van der Waals surface area contributed by atoms with Gasteiger partial charge in [0.05, 0.1) is 0 Å². The summed E-state index contributed by atoms with van der Waals surface area (Å²) in [5, 5.41) is 2.55. The summed E-state index contributed by atoms with van der Waals surface area (Å²) in [4.78, 5) is 0. The first-order valence-electron chi connectivity index (χ1n) is 9.89. The highest BCUT2D eigenvalue weighted by molar-refractivity contribution is 7.71. The Morgan fingerprint density at radius 1 is 0.786 bits per heavy atom. The molecule has 0 aliphatic heterocycles. The van der Waals surface area contributed by atoms with Gasteiger partial charge in [0.1, 0.15) is 0 Å². The molecule has 0 aliphatic carbocycles. The quantitative estimate of drug-likeness (QED) is 0.253. The SMILES string of the molecule is CCCc1ccc(-c2ccc3c(c2)c(=S)oc2c(F)c(CCC)ccc23)cc1. The molecule has 1 aromatic heterocycles. The summed E-state index contributed by atoms with van der Waals surface area (Å²) < 4.78 is 21.0. The second-order valence-corrected chi connectivity index (χ2v) is 7.63. The third-order valence-corrected chi connectivity index (χ3v) is 5.55. The van der Waals surface area contributed by atoms with E-state index in [1.807, 2.05) is 31.2 Å². The van der Waals surface area contributed by atoms with Gasteiger partial charge in [-0.3, -0.25) is 0 Å². The second kappa shape index (κ2) is 7.84. The summed E-state index contributed by atoms with van der Waals surface area (Å²) in [6.45, 7) is 4.22. The number of rotatable bonds is 5. The molecule has 0 saturated carbocycles. The summed E-state index contributed by atoms with van der Waals surface area (Å²) in [5.74, 6) is -0.289. The molecular formula is C25H23FOS. The summed E-state index contributed by atoms with van der Waals surface area (Å²) >= 11 is 5.48. The van der Waals surface area contributed by atoms with Gasteiger partial charge < -0.3 is 4.42 Å². The molecule has 0 atom stereocenters. The number of benzene rings is 3. The highest BCUT2D eigenvalue weighted by Crippen LogP contribution is 2.33. The minimum absolute atomic E-state index is 0.264. The molecule has 4 aromatic rings. The largest absolute Gasteiger partial charge is 0.441 e. The van der Waals surface area contributed by atoms with Gasteiger partial charge in [-0.2, -0.15) is 0 Å². The first kappa shape index (κ1) is 18.8. The van der Waals surface area contributed by atoms with Crippen LogP contribution in [0.4, 0.5) is 4.39 Å². The molecule has 0 aliphatic rings. The van der Waals surface area contributed by atoms with Gasteiger partial charge in [-0.25, -0.2) is 4.39 Å². The van der Waals surface area contributed by atoms with Crippen LogP contribution in [0.15, 0.2) is 59.0 Å². The molecule has 0 spiro atoms. The summed E-state index contributed by atoms with van der Waals surface area (Å²) in [7, 11) is 0. The van der Waals surface area contributed by atoms with Crippen molar-refractivity contribution in [1.29, 1.82) is 0 Å². The summed E-state index contributed by atoms with van der Waals surface area (Å²) in [6.07, 6.45) is 3.80. The average Bonchev–Trinajstić information content (AvgIpc) is 2.71. The predicted molar refractivity (Wildman–Crippen MR) is 118 cm³/mol. The predicted octanol–water partition coefficient (Wildman–Crippen LogP) is 8.03. The second-order valence-electron chi connectivity index (χ2n) is 7.26. The van der Waals surface area contributed by atoms with E-state index in [2.05, 4.69) is 37.3 Å². The standard InChI is InChI=1S/C25H23FOS/c1-3-5-16-7-9-17(10-8-16)19-12-13-20-21-14-11-18(6-4-2)23(26)24(21)27-25(28)22(20)15-19/h7-15H,3-6H2,1-2H3. The lowest BCUT2D eigenvalue weighted by Crippen LogP contribution is -1.92. The van der Waals surface area contributed by atoms with Gasteiger partial charge in [-0.15, -0.1) is 0 Å². The van der Waals surface area contributed by atoms with Crippen LogP contribution in [0.3, 0.4) is 0 Å². The molecule has 0 bridgehead atoms. The van der Waals surface area contributed by atoms with Gasteiger partial charge in [0.15, 0.2) is 16.1 Å². The van der Waals surface area contributed by atoms with Crippen LogP contribution >= 0.6 is 12.2 Å². The van der Waals surface area contributed by atoms with Crippen LogP contribution in [-0.4, -0.2) is 0 Å². The van der Waals surface area contributed by atoms with E-state index in [9.17, 15) is 4.39 Å². The van der Waals surface area contributed by atoms with Crippen molar-refractivity contribution in [2.24, 2.45) is 0 Å². The molecule has 0 saturated heterocycles. The molecule has 0 amide bonds. The third-order valence-electron chi connectivity index (χ3n) is 5.25. The van der Waals surface area contributed by atoms with Gasteiger partial charge >= 0.3 is 0 Å². The molecular weight excluding hydrogens is 367 g/mol. The van der Waals surface area contributed by atoms with E-state index < -0.39 is 0 Å². The highest BCUT2D eigenvalue weighted by Gasteiger charge is 2.13. The molecule has 3 heteroatoms. The minimum Gasteiger partial charge on any atom is -0.441 e.